The lowest BCUT2D eigenvalue weighted by atomic mass is 10.2. The Morgan fingerprint density at radius 1 is 1.53 bits per heavy atom. The minimum Gasteiger partial charge on any atom is -0.409 e. The molecule has 1 N–H and O–H groups in total. The van der Waals surface area contributed by atoms with Crippen molar-refractivity contribution in [1.82, 2.24) is 20.0 Å². The number of nitrogens with zero attached hydrogens (tertiary/aromatic N) is 3. The van der Waals surface area contributed by atoms with Crippen molar-refractivity contribution in [2.24, 2.45) is 7.05 Å². The van der Waals surface area contributed by atoms with Gasteiger partial charge in [0.15, 0.2) is 0 Å². The standard InChI is InChI=1S/C11H8N4O2S2/c1-15-10(16)6(9-12-13-11(18)17-9)5-7(14-15)8-3-2-4-19-8/h2-5H,1H3,(H,13,18). The van der Waals surface area contributed by atoms with E-state index in [9.17, 15) is 4.79 Å². The minimum atomic E-state index is -0.287. The second kappa shape index (κ2) is 4.56. The lowest BCUT2D eigenvalue weighted by molar-refractivity contribution is 0.549. The van der Waals surface area contributed by atoms with Gasteiger partial charge in [-0.2, -0.15) is 5.10 Å². The van der Waals surface area contributed by atoms with Crippen LogP contribution in [0.5, 0.6) is 0 Å². The van der Waals surface area contributed by atoms with Gasteiger partial charge >= 0.3 is 0 Å². The van der Waals surface area contributed by atoms with Crippen LogP contribution in [0.2, 0.25) is 0 Å². The van der Waals surface area contributed by atoms with Crippen LogP contribution in [-0.4, -0.2) is 20.0 Å². The third-order valence-corrected chi connectivity index (χ3v) is 3.57. The summed E-state index contributed by atoms with van der Waals surface area (Å²) in [6, 6.07) is 5.51. The van der Waals surface area contributed by atoms with Crippen molar-refractivity contribution in [3.8, 4) is 22.0 Å². The lowest BCUT2D eigenvalue weighted by Crippen LogP contribution is -2.21. The van der Waals surface area contributed by atoms with E-state index in [-0.39, 0.29) is 16.3 Å². The smallest absolute Gasteiger partial charge is 0.284 e. The van der Waals surface area contributed by atoms with E-state index in [1.807, 2.05) is 17.5 Å². The summed E-state index contributed by atoms with van der Waals surface area (Å²) in [6.07, 6.45) is 0. The molecule has 0 spiro atoms. The maximum atomic E-state index is 12.1. The number of hydrogen-bond donors (Lipinski definition) is 1. The zero-order valence-electron chi connectivity index (χ0n) is 9.78. The molecule has 8 heteroatoms. The van der Waals surface area contributed by atoms with Crippen molar-refractivity contribution in [2.75, 3.05) is 0 Å². The SMILES string of the molecule is Cn1nc(-c2cccs2)cc(-c2n[nH]c(=S)o2)c1=O. The van der Waals surface area contributed by atoms with E-state index in [0.717, 1.165) is 4.88 Å². The van der Waals surface area contributed by atoms with Crippen molar-refractivity contribution in [2.45, 2.75) is 0 Å². The van der Waals surface area contributed by atoms with Crippen LogP contribution in [0.4, 0.5) is 0 Å². The molecule has 0 radical (unpaired) electrons. The number of aryl methyl sites for hydroxylation is 1. The minimum absolute atomic E-state index is 0.131. The molecule has 96 valence electrons. The van der Waals surface area contributed by atoms with Gasteiger partial charge in [-0.3, -0.25) is 4.79 Å². The summed E-state index contributed by atoms with van der Waals surface area (Å²) in [5.74, 6) is 0.172. The summed E-state index contributed by atoms with van der Waals surface area (Å²) in [6.45, 7) is 0. The van der Waals surface area contributed by atoms with Gasteiger partial charge in [0.25, 0.3) is 16.3 Å². The normalized spacial score (nSPS) is 10.8. The van der Waals surface area contributed by atoms with Crippen LogP contribution >= 0.6 is 23.6 Å². The molecule has 0 fully saturated rings. The molecule has 0 aromatic carbocycles. The predicted molar refractivity (Wildman–Crippen MR) is 73.5 cm³/mol. The molecule has 3 heterocycles. The molecule has 19 heavy (non-hydrogen) atoms. The highest BCUT2D eigenvalue weighted by Crippen LogP contribution is 2.24. The first kappa shape index (κ1) is 12.0. The summed E-state index contributed by atoms with van der Waals surface area (Å²) in [5, 5.41) is 12.5. The molecule has 0 saturated carbocycles. The largest absolute Gasteiger partial charge is 0.409 e. The summed E-state index contributed by atoms with van der Waals surface area (Å²) in [5.41, 5.74) is 0.732. The maximum Gasteiger partial charge on any atom is 0.284 e. The van der Waals surface area contributed by atoms with Gasteiger partial charge in [-0.1, -0.05) is 6.07 Å². The Morgan fingerprint density at radius 3 is 3.00 bits per heavy atom. The molecule has 3 aromatic heterocycles. The van der Waals surface area contributed by atoms with Crippen molar-refractivity contribution < 1.29 is 4.42 Å². The molecule has 0 saturated heterocycles. The summed E-state index contributed by atoms with van der Waals surface area (Å²) < 4.78 is 6.45. The average molecular weight is 292 g/mol. The molecule has 0 amide bonds. The molecule has 0 bridgehead atoms. The average Bonchev–Trinajstić information content (AvgIpc) is 3.03. The second-order valence-electron chi connectivity index (χ2n) is 3.77. The third-order valence-electron chi connectivity index (χ3n) is 2.51. The third kappa shape index (κ3) is 2.15. The van der Waals surface area contributed by atoms with Gasteiger partial charge in [-0.05, 0) is 29.7 Å². The fourth-order valence-corrected chi connectivity index (χ4v) is 2.46. The van der Waals surface area contributed by atoms with Gasteiger partial charge < -0.3 is 4.42 Å². The molecular weight excluding hydrogens is 284 g/mol. The van der Waals surface area contributed by atoms with Crippen LogP contribution in [0.15, 0.2) is 32.8 Å². The summed E-state index contributed by atoms with van der Waals surface area (Å²) in [4.78, 5) is 13.2. The molecule has 6 nitrogen and oxygen atoms in total. The van der Waals surface area contributed by atoms with Crippen molar-refractivity contribution in [3.63, 3.8) is 0 Å². The second-order valence-corrected chi connectivity index (χ2v) is 5.09. The number of rotatable bonds is 2. The topological polar surface area (TPSA) is 76.7 Å². The van der Waals surface area contributed by atoms with E-state index in [1.165, 1.54) is 4.68 Å². The number of aromatic amines is 1. The molecule has 0 atom stereocenters. The molecule has 0 aliphatic heterocycles. The molecule has 3 aromatic rings. The fraction of sp³-hybridized carbons (Fsp3) is 0.0909. The van der Waals surface area contributed by atoms with Crippen molar-refractivity contribution >= 4 is 23.6 Å². The Bertz CT molecular complexity index is 829. The van der Waals surface area contributed by atoms with Crippen molar-refractivity contribution in [1.29, 1.82) is 0 Å². The first-order valence-corrected chi connectivity index (χ1v) is 6.62. The van der Waals surface area contributed by atoms with Crippen LogP contribution in [0.3, 0.4) is 0 Å². The highest BCUT2D eigenvalue weighted by molar-refractivity contribution is 7.71. The van der Waals surface area contributed by atoms with Crippen molar-refractivity contribution in [3.05, 3.63) is 38.8 Å². The number of thiophene rings is 1. The first-order chi connectivity index (χ1) is 9.15. The monoisotopic (exact) mass is 292 g/mol. The van der Waals surface area contributed by atoms with E-state index in [1.54, 1.807) is 24.5 Å². The Hall–Kier alpha value is -2.06. The Labute approximate surface area is 116 Å². The zero-order chi connectivity index (χ0) is 13.4. The number of aromatic nitrogens is 4. The van der Waals surface area contributed by atoms with Crippen LogP contribution in [0, 0.1) is 4.84 Å². The van der Waals surface area contributed by atoms with Crippen LogP contribution in [-0.2, 0) is 7.05 Å². The Balaban J connectivity index is 2.25. The van der Waals surface area contributed by atoms with Gasteiger partial charge in [0.2, 0.25) is 0 Å². The number of hydrogen-bond acceptors (Lipinski definition) is 6. The lowest BCUT2D eigenvalue weighted by Gasteiger charge is -2.03. The quantitative estimate of drug-likeness (QED) is 0.733. The summed E-state index contributed by atoms with van der Waals surface area (Å²) >= 11 is 6.36. The molecule has 0 aliphatic carbocycles. The van der Waals surface area contributed by atoms with Gasteiger partial charge in [0.05, 0.1) is 4.88 Å². The molecule has 0 aliphatic rings. The van der Waals surface area contributed by atoms with Crippen LogP contribution in [0.25, 0.3) is 22.0 Å². The molecule has 3 rings (SSSR count). The van der Waals surface area contributed by atoms with E-state index < -0.39 is 0 Å². The van der Waals surface area contributed by atoms with E-state index >= 15 is 0 Å². The van der Waals surface area contributed by atoms with E-state index in [2.05, 4.69) is 15.3 Å². The van der Waals surface area contributed by atoms with Gasteiger partial charge in [-0.25, -0.2) is 9.78 Å². The predicted octanol–water partition coefficient (Wildman–Crippen LogP) is 2.22. The highest BCUT2D eigenvalue weighted by Gasteiger charge is 2.14. The van der Waals surface area contributed by atoms with Crippen LogP contribution < -0.4 is 5.56 Å². The summed E-state index contributed by atoms with van der Waals surface area (Å²) in [7, 11) is 1.59. The van der Waals surface area contributed by atoms with Gasteiger partial charge in [0, 0.05) is 7.05 Å². The van der Waals surface area contributed by atoms with Gasteiger partial charge in [-0.15, -0.1) is 16.4 Å². The Morgan fingerprint density at radius 2 is 2.37 bits per heavy atom. The number of nitrogens with one attached hydrogen (secondary N) is 1. The Kier molecular flexibility index (Phi) is 2.88. The van der Waals surface area contributed by atoms with E-state index in [0.29, 0.717) is 11.3 Å². The first-order valence-electron chi connectivity index (χ1n) is 5.33. The fourth-order valence-electron chi connectivity index (χ4n) is 1.65. The number of H-pyrrole nitrogens is 1. The van der Waals surface area contributed by atoms with Gasteiger partial charge in [0.1, 0.15) is 11.3 Å². The maximum absolute atomic E-state index is 12.1. The molecule has 0 unspecified atom stereocenters. The van der Waals surface area contributed by atoms with Crippen LogP contribution in [0.1, 0.15) is 0 Å². The molecular formula is C11H8N4O2S2. The van der Waals surface area contributed by atoms with E-state index in [4.69, 9.17) is 16.6 Å². The highest BCUT2D eigenvalue weighted by atomic mass is 32.1. The zero-order valence-corrected chi connectivity index (χ0v) is 11.4.